The van der Waals surface area contributed by atoms with Gasteiger partial charge in [-0.25, -0.2) is 4.98 Å². The van der Waals surface area contributed by atoms with Crippen LogP contribution in [0.1, 0.15) is 11.4 Å². The molecule has 4 rings (SSSR count). The van der Waals surface area contributed by atoms with Gasteiger partial charge in [-0.2, -0.15) is 0 Å². The highest BCUT2D eigenvalue weighted by Crippen LogP contribution is 2.18. The number of aromatic amines is 1. The number of imidazole rings is 1. The van der Waals surface area contributed by atoms with Crippen LogP contribution in [0.3, 0.4) is 0 Å². The Hall–Kier alpha value is -3.18. The molecular weight excluding hydrogens is 366 g/mol. The molecule has 5 heteroatoms. The molecule has 4 nitrogen and oxygen atoms in total. The molecular formula is C23H21N3OS. The molecule has 3 aromatic carbocycles. The number of nitrogens with zero attached hydrogens (tertiary/aromatic N) is 1. The Morgan fingerprint density at radius 1 is 0.893 bits per heavy atom. The van der Waals surface area contributed by atoms with Crippen molar-refractivity contribution >= 4 is 16.5 Å². The third-order valence-electron chi connectivity index (χ3n) is 4.40. The summed E-state index contributed by atoms with van der Waals surface area (Å²) in [5.41, 5.74) is 4.15. The largest absolute Gasteiger partial charge is 0.378 e. The van der Waals surface area contributed by atoms with Crippen molar-refractivity contribution in [2.75, 3.05) is 5.32 Å². The molecule has 0 bridgehead atoms. The summed E-state index contributed by atoms with van der Waals surface area (Å²) in [5, 5.41) is 3.39. The van der Waals surface area contributed by atoms with E-state index in [0.29, 0.717) is 12.3 Å². The molecule has 0 fully saturated rings. The second-order valence-electron chi connectivity index (χ2n) is 6.47. The van der Waals surface area contributed by atoms with E-state index in [1.165, 1.54) is 0 Å². The third kappa shape index (κ3) is 4.56. The van der Waals surface area contributed by atoms with Gasteiger partial charge in [0.2, 0.25) is 0 Å². The zero-order valence-corrected chi connectivity index (χ0v) is 16.2. The molecule has 4 aromatic rings. The lowest BCUT2D eigenvalue weighted by Crippen LogP contribution is -2.02. The minimum absolute atomic E-state index is 0.498. The molecule has 140 valence electrons. The average Bonchev–Trinajstić information content (AvgIpc) is 3.23. The highest BCUT2D eigenvalue weighted by molar-refractivity contribution is 7.84. The van der Waals surface area contributed by atoms with Gasteiger partial charge in [-0.3, -0.25) is 4.21 Å². The van der Waals surface area contributed by atoms with Crippen molar-refractivity contribution in [2.24, 2.45) is 0 Å². The summed E-state index contributed by atoms with van der Waals surface area (Å²) < 4.78 is 12.5. The van der Waals surface area contributed by atoms with Gasteiger partial charge in [-0.05, 0) is 35.4 Å². The van der Waals surface area contributed by atoms with E-state index in [4.69, 9.17) is 0 Å². The average molecular weight is 388 g/mol. The molecule has 1 atom stereocenters. The van der Waals surface area contributed by atoms with Crippen molar-refractivity contribution in [1.82, 2.24) is 9.97 Å². The number of anilines is 1. The summed E-state index contributed by atoms with van der Waals surface area (Å²) in [6.45, 7) is 0.595. The molecule has 0 unspecified atom stereocenters. The van der Waals surface area contributed by atoms with E-state index in [0.717, 1.165) is 33.2 Å². The smallest absolute Gasteiger partial charge is 0.125 e. The summed E-state index contributed by atoms with van der Waals surface area (Å²) in [6, 6.07) is 27.8. The fourth-order valence-corrected chi connectivity index (χ4v) is 4.09. The number of hydrogen-bond acceptors (Lipinski definition) is 3. The van der Waals surface area contributed by atoms with Crippen LogP contribution in [0, 0.1) is 0 Å². The first kappa shape index (κ1) is 18.2. The van der Waals surface area contributed by atoms with Crippen molar-refractivity contribution in [3.8, 4) is 11.3 Å². The Morgan fingerprint density at radius 3 is 2.43 bits per heavy atom. The van der Waals surface area contributed by atoms with Crippen LogP contribution in [0.15, 0.2) is 96.0 Å². The monoisotopic (exact) mass is 387 g/mol. The fourth-order valence-electron chi connectivity index (χ4n) is 2.98. The summed E-state index contributed by atoms with van der Waals surface area (Å²) in [7, 11) is -1.05. The quantitative estimate of drug-likeness (QED) is 0.469. The Bertz CT molecular complexity index is 1060. The molecule has 0 aliphatic rings. The lowest BCUT2D eigenvalue weighted by Gasteiger charge is -2.08. The Balaban J connectivity index is 1.39. The molecule has 0 saturated heterocycles. The Labute approximate surface area is 167 Å². The number of nitrogens with one attached hydrogen (secondary N) is 2. The van der Waals surface area contributed by atoms with E-state index in [9.17, 15) is 4.21 Å². The molecule has 0 aliphatic carbocycles. The first-order chi connectivity index (χ1) is 13.8. The van der Waals surface area contributed by atoms with Gasteiger partial charge in [0.1, 0.15) is 5.82 Å². The molecule has 0 saturated carbocycles. The highest BCUT2D eigenvalue weighted by Gasteiger charge is 2.06. The molecule has 2 N–H and O–H groups in total. The normalized spacial score (nSPS) is 11.9. The maximum Gasteiger partial charge on any atom is 0.125 e. The standard InChI is InChI=1S/C23H21N3OS/c27-28(21-12-5-2-6-13-21)17-18-8-7-11-20(14-18)24-16-23-25-15-22(26-23)19-9-3-1-4-10-19/h1-15,24H,16-17H2,(H,25,26)/t28-/m1/s1. The van der Waals surface area contributed by atoms with E-state index in [2.05, 4.69) is 27.4 Å². The predicted molar refractivity (Wildman–Crippen MR) is 114 cm³/mol. The number of H-pyrrole nitrogens is 1. The lowest BCUT2D eigenvalue weighted by molar-refractivity contribution is 0.682. The number of hydrogen-bond donors (Lipinski definition) is 2. The van der Waals surface area contributed by atoms with Crippen LogP contribution in [0.25, 0.3) is 11.3 Å². The summed E-state index contributed by atoms with van der Waals surface area (Å²) in [5.74, 6) is 1.37. The second kappa shape index (κ2) is 8.67. The maximum atomic E-state index is 12.5. The van der Waals surface area contributed by atoms with Crippen molar-refractivity contribution in [1.29, 1.82) is 0 Å². The minimum Gasteiger partial charge on any atom is -0.378 e. The molecule has 1 aromatic heterocycles. The van der Waals surface area contributed by atoms with Crippen LogP contribution in [0.4, 0.5) is 5.69 Å². The summed E-state index contributed by atoms with van der Waals surface area (Å²) in [6.07, 6.45) is 1.85. The van der Waals surface area contributed by atoms with Crippen LogP contribution in [0.2, 0.25) is 0 Å². The van der Waals surface area contributed by atoms with E-state index in [1.807, 2.05) is 79.0 Å². The highest BCUT2D eigenvalue weighted by atomic mass is 32.2. The molecule has 0 spiro atoms. The van der Waals surface area contributed by atoms with Crippen molar-refractivity contribution < 1.29 is 4.21 Å². The first-order valence-corrected chi connectivity index (χ1v) is 10.5. The number of aromatic nitrogens is 2. The zero-order chi connectivity index (χ0) is 19.2. The van der Waals surface area contributed by atoms with Gasteiger partial charge in [-0.15, -0.1) is 0 Å². The van der Waals surface area contributed by atoms with E-state index in [1.54, 1.807) is 0 Å². The van der Waals surface area contributed by atoms with Crippen LogP contribution in [-0.4, -0.2) is 14.2 Å². The minimum atomic E-state index is -1.05. The fraction of sp³-hybridized carbons (Fsp3) is 0.0870. The maximum absolute atomic E-state index is 12.5. The van der Waals surface area contributed by atoms with Gasteiger partial charge in [0.05, 0.1) is 35.0 Å². The molecule has 1 heterocycles. The van der Waals surface area contributed by atoms with Crippen LogP contribution in [-0.2, 0) is 23.1 Å². The van der Waals surface area contributed by atoms with Gasteiger partial charge in [0, 0.05) is 10.6 Å². The predicted octanol–water partition coefficient (Wildman–Crippen LogP) is 5.00. The van der Waals surface area contributed by atoms with E-state index < -0.39 is 10.8 Å². The van der Waals surface area contributed by atoms with Crippen LogP contribution >= 0.6 is 0 Å². The first-order valence-electron chi connectivity index (χ1n) is 9.13. The van der Waals surface area contributed by atoms with Crippen LogP contribution < -0.4 is 5.32 Å². The topological polar surface area (TPSA) is 57.8 Å². The van der Waals surface area contributed by atoms with Crippen LogP contribution in [0.5, 0.6) is 0 Å². The second-order valence-corrected chi connectivity index (χ2v) is 7.92. The Kier molecular flexibility index (Phi) is 5.64. The van der Waals surface area contributed by atoms with Crippen molar-refractivity contribution in [3.63, 3.8) is 0 Å². The summed E-state index contributed by atoms with van der Waals surface area (Å²) in [4.78, 5) is 8.65. The molecule has 0 aliphatic heterocycles. The number of benzene rings is 3. The van der Waals surface area contributed by atoms with Gasteiger partial charge >= 0.3 is 0 Å². The third-order valence-corrected chi connectivity index (χ3v) is 5.80. The zero-order valence-electron chi connectivity index (χ0n) is 15.3. The molecule has 28 heavy (non-hydrogen) atoms. The van der Waals surface area contributed by atoms with Gasteiger partial charge in [-0.1, -0.05) is 60.7 Å². The van der Waals surface area contributed by atoms with E-state index >= 15 is 0 Å². The van der Waals surface area contributed by atoms with Crippen molar-refractivity contribution in [2.45, 2.75) is 17.2 Å². The molecule has 0 radical (unpaired) electrons. The lowest BCUT2D eigenvalue weighted by atomic mass is 10.2. The number of rotatable bonds is 7. The van der Waals surface area contributed by atoms with Gasteiger partial charge < -0.3 is 10.3 Å². The SMILES string of the molecule is O=[S@](Cc1cccc(NCc2ncc(-c3ccccc3)[nH]2)c1)c1ccccc1. The van der Waals surface area contributed by atoms with E-state index in [-0.39, 0.29) is 0 Å². The van der Waals surface area contributed by atoms with Gasteiger partial charge in [0.25, 0.3) is 0 Å². The summed E-state index contributed by atoms with van der Waals surface area (Å²) >= 11 is 0. The van der Waals surface area contributed by atoms with Crippen molar-refractivity contribution in [3.05, 3.63) is 103 Å². The Morgan fingerprint density at radius 2 is 1.64 bits per heavy atom. The van der Waals surface area contributed by atoms with Gasteiger partial charge in [0.15, 0.2) is 0 Å². The molecule has 0 amide bonds.